The van der Waals surface area contributed by atoms with E-state index in [1.54, 1.807) is 7.11 Å². The van der Waals surface area contributed by atoms with Crippen molar-refractivity contribution in [3.63, 3.8) is 0 Å². The van der Waals surface area contributed by atoms with Crippen LogP contribution in [0.2, 0.25) is 0 Å². The van der Waals surface area contributed by atoms with Crippen molar-refractivity contribution < 1.29 is 9.53 Å². The van der Waals surface area contributed by atoms with Gasteiger partial charge < -0.3 is 9.64 Å². The van der Waals surface area contributed by atoms with Gasteiger partial charge in [0.05, 0.1) is 7.11 Å². The third-order valence-electron chi connectivity index (χ3n) is 6.01. The number of hydrogen-bond acceptors (Lipinski definition) is 3. The van der Waals surface area contributed by atoms with Gasteiger partial charge in [0.2, 0.25) is 5.91 Å². The number of benzene rings is 2. The maximum Gasteiger partial charge on any atom is 0.222 e. The third-order valence-corrected chi connectivity index (χ3v) is 6.01. The number of ether oxygens (including phenoxy) is 1. The molecule has 0 bridgehead atoms. The van der Waals surface area contributed by atoms with E-state index >= 15 is 0 Å². The number of rotatable bonds is 7. The Bertz CT molecular complexity index is 1000. The molecule has 31 heavy (non-hydrogen) atoms. The van der Waals surface area contributed by atoms with Crippen molar-refractivity contribution in [1.82, 2.24) is 9.88 Å². The second-order valence-corrected chi connectivity index (χ2v) is 8.25. The maximum absolute atomic E-state index is 12.8. The van der Waals surface area contributed by atoms with Gasteiger partial charge >= 0.3 is 0 Å². The predicted octanol–water partition coefficient (Wildman–Crippen LogP) is 5.02. The molecule has 1 aromatic heterocycles. The number of nitrogens with zero attached hydrogens (tertiary/aromatic N) is 2. The number of amides is 1. The van der Waals surface area contributed by atoms with Crippen molar-refractivity contribution in [2.24, 2.45) is 0 Å². The van der Waals surface area contributed by atoms with Crippen LogP contribution in [0.25, 0.3) is 0 Å². The Kier molecular flexibility index (Phi) is 6.98. The lowest BCUT2D eigenvalue weighted by molar-refractivity contribution is -0.132. The van der Waals surface area contributed by atoms with Crippen molar-refractivity contribution in [2.75, 3.05) is 20.2 Å². The van der Waals surface area contributed by atoms with E-state index in [2.05, 4.69) is 42.5 Å². The SMILES string of the molecule is COc1cccc(Cc2cccc([C@H]3CCCN(C(=O)CCc4ccccc4)C3)n2)c1. The molecule has 1 atom stereocenters. The fourth-order valence-electron chi connectivity index (χ4n) is 4.31. The van der Waals surface area contributed by atoms with Crippen molar-refractivity contribution in [2.45, 2.75) is 38.0 Å². The van der Waals surface area contributed by atoms with Crippen molar-refractivity contribution >= 4 is 5.91 Å². The summed E-state index contributed by atoms with van der Waals surface area (Å²) in [6.45, 7) is 1.62. The molecule has 0 unspecified atom stereocenters. The second kappa shape index (κ2) is 10.3. The minimum atomic E-state index is 0.251. The molecule has 4 heteroatoms. The number of aryl methyl sites for hydroxylation is 1. The molecule has 2 heterocycles. The molecule has 0 radical (unpaired) electrons. The van der Waals surface area contributed by atoms with E-state index in [1.165, 1.54) is 11.1 Å². The van der Waals surface area contributed by atoms with Crippen LogP contribution in [0.3, 0.4) is 0 Å². The van der Waals surface area contributed by atoms with Gasteiger partial charge in [0.15, 0.2) is 0 Å². The van der Waals surface area contributed by atoms with E-state index < -0.39 is 0 Å². The quantitative estimate of drug-likeness (QED) is 0.545. The van der Waals surface area contributed by atoms with Gasteiger partial charge in [0, 0.05) is 43.2 Å². The lowest BCUT2D eigenvalue weighted by atomic mass is 9.93. The van der Waals surface area contributed by atoms with Crippen LogP contribution in [0, 0.1) is 0 Å². The van der Waals surface area contributed by atoms with Crippen LogP contribution < -0.4 is 4.74 Å². The topological polar surface area (TPSA) is 42.4 Å². The highest BCUT2D eigenvalue weighted by atomic mass is 16.5. The molecule has 3 aromatic rings. The number of hydrogen-bond donors (Lipinski definition) is 0. The first-order chi connectivity index (χ1) is 15.2. The van der Waals surface area contributed by atoms with E-state index in [9.17, 15) is 4.79 Å². The summed E-state index contributed by atoms with van der Waals surface area (Å²) in [6.07, 6.45) is 4.26. The van der Waals surface area contributed by atoms with Crippen LogP contribution in [-0.2, 0) is 17.6 Å². The Labute approximate surface area is 184 Å². The molecule has 0 saturated carbocycles. The monoisotopic (exact) mass is 414 g/mol. The van der Waals surface area contributed by atoms with Crippen molar-refractivity contribution in [3.05, 3.63) is 95.3 Å². The van der Waals surface area contributed by atoms with Crippen LogP contribution in [0.4, 0.5) is 0 Å². The van der Waals surface area contributed by atoms with Gasteiger partial charge in [-0.15, -0.1) is 0 Å². The molecule has 1 fully saturated rings. The Morgan fingerprint density at radius 2 is 1.84 bits per heavy atom. The normalized spacial score (nSPS) is 16.2. The molecule has 1 aliphatic heterocycles. The molecule has 1 aliphatic rings. The van der Waals surface area contributed by atoms with Gasteiger partial charge in [-0.2, -0.15) is 0 Å². The Morgan fingerprint density at radius 3 is 2.68 bits per heavy atom. The number of carbonyl (C=O) groups is 1. The zero-order valence-electron chi connectivity index (χ0n) is 18.2. The van der Waals surface area contributed by atoms with Gasteiger partial charge in [-0.25, -0.2) is 0 Å². The van der Waals surface area contributed by atoms with Gasteiger partial charge in [-0.05, 0) is 54.7 Å². The maximum atomic E-state index is 12.8. The van der Waals surface area contributed by atoms with Crippen LogP contribution >= 0.6 is 0 Å². The number of carbonyl (C=O) groups excluding carboxylic acids is 1. The van der Waals surface area contributed by atoms with E-state index in [0.29, 0.717) is 12.3 Å². The smallest absolute Gasteiger partial charge is 0.222 e. The summed E-state index contributed by atoms with van der Waals surface area (Å²) in [5.41, 5.74) is 4.56. The van der Waals surface area contributed by atoms with E-state index in [1.807, 2.05) is 35.2 Å². The first kappa shape index (κ1) is 21.1. The summed E-state index contributed by atoms with van der Waals surface area (Å²) in [7, 11) is 1.69. The van der Waals surface area contributed by atoms with Crippen LogP contribution in [-0.4, -0.2) is 36.0 Å². The largest absolute Gasteiger partial charge is 0.497 e. The minimum absolute atomic E-state index is 0.251. The zero-order valence-corrected chi connectivity index (χ0v) is 18.2. The number of methoxy groups -OCH3 is 1. The van der Waals surface area contributed by atoms with Crippen LogP contribution in [0.1, 0.15) is 47.7 Å². The highest BCUT2D eigenvalue weighted by molar-refractivity contribution is 5.76. The first-order valence-corrected chi connectivity index (χ1v) is 11.1. The number of pyridine rings is 1. The lowest BCUT2D eigenvalue weighted by Gasteiger charge is -2.32. The lowest BCUT2D eigenvalue weighted by Crippen LogP contribution is -2.39. The molecule has 160 valence electrons. The van der Waals surface area contributed by atoms with Crippen LogP contribution in [0.15, 0.2) is 72.8 Å². The van der Waals surface area contributed by atoms with Gasteiger partial charge in [0.1, 0.15) is 5.75 Å². The Morgan fingerprint density at radius 1 is 1.03 bits per heavy atom. The average molecular weight is 415 g/mol. The minimum Gasteiger partial charge on any atom is -0.497 e. The molecule has 2 aromatic carbocycles. The molecule has 4 rings (SSSR count). The highest BCUT2D eigenvalue weighted by Gasteiger charge is 2.25. The van der Waals surface area contributed by atoms with Gasteiger partial charge in [-0.3, -0.25) is 9.78 Å². The summed E-state index contributed by atoms with van der Waals surface area (Å²) in [6, 6.07) is 24.6. The standard InChI is InChI=1S/C27H30N2O2/c1-31-25-13-5-10-22(19-25)18-24-12-6-14-26(28-24)23-11-7-17-29(20-23)27(30)16-15-21-8-3-2-4-9-21/h2-6,8-10,12-14,19,23H,7,11,15-18,20H2,1H3/t23-/m0/s1. The van der Waals surface area contributed by atoms with Gasteiger partial charge in [-0.1, -0.05) is 48.5 Å². The Hall–Kier alpha value is -3.14. The van der Waals surface area contributed by atoms with E-state index in [-0.39, 0.29) is 5.91 Å². The fourth-order valence-corrected chi connectivity index (χ4v) is 4.31. The number of piperidine rings is 1. The highest BCUT2D eigenvalue weighted by Crippen LogP contribution is 2.27. The van der Waals surface area contributed by atoms with Crippen molar-refractivity contribution in [1.29, 1.82) is 0 Å². The zero-order chi connectivity index (χ0) is 21.5. The molecule has 1 saturated heterocycles. The summed E-state index contributed by atoms with van der Waals surface area (Å²) in [5.74, 6) is 1.42. The molecular formula is C27H30N2O2. The summed E-state index contributed by atoms with van der Waals surface area (Å²) in [4.78, 5) is 19.8. The summed E-state index contributed by atoms with van der Waals surface area (Å²) in [5, 5.41) is 0. The predicted molar refractivity (Wildman–Crippen MR) is 123 cm³/mol. The molecule has 4 nitrogen and oxygen atoms in total. The Balaban J connectivity index is 1.38. The molecule has 0 aliphatic carbocycles. The molecule has 0 N–H and O–H groups in total. The second-order valence-electron chi connectivity index (χ2n) is 8.25. The summed E-state index contributed by atoms with van der Waals surface area (Å²) >= 11 is 0. The molecule has 1 amide bonds. The van der Waals surface area contributed by atoms with E-state index in [0.717, 1.165) is 55.9 Å². The average Bonchev–Trinajstić information content (AvgIpc) is 2.83. The molecule has 0 spiro atoms. The van der Waals surface area contributed by atoms with Crippen molar-refractivity contribution in [3.8, 4) is 5.75 Å². The summed E-state index contributed by atoms with van der Waals surface area (Å²) < 4.78 is 5.34. The number of likely N-dealkylation sites (tertiary alicyclic amines) is 1. The third kappa shape index (κ3) is 5.72. The first-order valence-electron chi connectivity index (χ1n) is 11.1. The number of aromatic nitrogens is 1. The van der Waals surface area contributed by atoms with Gasteiger partial charge in [0.25, 0.3) is 0 Å². The van der Waals surface area contributed by atoms with E-state index in [4.69, 9.17) is 9.72 Å². The molecular weight excluding hydrogens is 384 g/mol. The fraction of sp³-hybridized carbons (Fsp3) is 0.333. The van der Waals surface area contributed by atoms with Crippen LogP contribution in [0.5, 0.6) is 5.75 Å².